The van der Waals surface area contributed by atoms with Gasteiger partial charge in [-0.25, -0.2) is 9.97 Å². The number of aryl methyl sites for hydroxylation is 1. The Labute approximate surface area is 139 Å². The normalized spacial score (nSPS) is 10.9. The second-order valence-electron chi connectivity index (χ2n) is 5.79. The molecule has 2 N–H and O–H groups in total. The maximum absolute atomic E-state index is 4.36. The minimum absolute atomic E-state index is 0.811. The highest BCUT2D eigenvalue weighted by atomic mass is 15.0. The van der Waals surface area contributed by atoms with Crippen molar-refractivity contribution in [3.05, 3.63) is 78.0 Å². The summed E-state index contributed by atoms with van der Waals surface area (Å²) >= 11 is 0. The molecule has 4 rings (SSSR count). The molecule has 5 heteroatoms. The summed E-state index contributed by atoms with van der Waals surface area (Å²) in [5.41, 5.74) is 5.44. The first-order chi connectivity index (χ1) is 11.8. The van der Waals surface area contributed by atoms with Gasteiger partial charge in [0.15, 0.2) is 0 Å². The van der Waals surface area contributed by atoms with Gasteiger partial charge in [0.2, 0.25) is 0 Å². The van der Waals surface area contributed by atoms with Gasteiger partial charge in [0.25, 0.3) is 0 Å². The van der Waals surface area contributed by atoms with E-state index in [9.17, 15) is 0 Å². The highest BCUT2D eigenvalue weighted by Gasteiger charge is 2.06. The lowest BCUT2D eigenvalue weighted by Crippen LogP contribution is -1.95. The molecule has 0 radical (unpaired) electrons. The Bertz CT molecular complexity index is 958. The number of pyridine rings is 1. The predicted molar refractivity (Wildman–Crippen MR) is 95.4 cm³/mol. The average Bonchev–Trinajstić information content (AvgIpc) is 2.99. The number of hydrogen-bond donors (Lipinski definition) is 2. The van der Waals surface area contributed by atoms with Gasteiger partial charge >= 0.3 is 0 Å². The van der Waals surface area contributed by atoms with Crippen molar-refractivity contribution in [2.75, 3.05) is 5.32 Å². The average molecular weight is 315 g/mol. The molecule has 0 spiro atoms. The zero-order valence-electron chi connectivity index (χ0n) is 13.3. The minimum Gasteiger partial charge on any atom is -0.343 e. The van der Waals surface area contributed by atoms with Crippen LogP contribution >= 0.6 is 0 Å². The van der Waals surface area contributed by atoms with Crippen molar-refractivity contribution in [3.8, 4) is 0 Å². The lowest BCUT2D eigenvalue weighted by molar-refractivity contribution is 1.16. The second-order valence-corrected chi connectivity index (χ2v) is 5.79. The van der Waals surface area contributed by atoms with Crippen molar-refractivity contribution in [2.24, 2.45) is 0 Å². The monoisotopic (exact) mass is 315 g/mol. The molecule has 0 bridgehead atoms. The van der Waals surface area contributed by atoms with Crippen LogP contribution in [0.25, 0.3) is 11.0 Å². The van der Waals surface area contributed by atoms with E-state index in [4.69, 9.17) is 0 Å². The van der Waals surface area contributed by atoms with Gasteiger partial charge in [-0.1, -0.05) is 12.1 Å². The van der Waals surface area contributed by atoms with Crippen molar-refractivity contribution in [1.29, 1.82) is 0 Å². The molecule has 0 unspecified atom stereocenters. The number of rotatable bonds is 4. The summed E-state index contributed by atoms with van der Waals surface area (Å²) in [5.74, 6) is 0.811. The van der Waals surface area contributed by atoms with Gasteiger partial charge in [-0.3, -0.25) is 4.98 Å². The molecule has 0 saturated heterocycles. The molecule has 24 heavy (non-hydrogen) atoms. The molecule has 0 aliphatic rings. The van der Waals surface area contributed by atoms with Crippen LogP contribution in [0.2, 0.25) is 0 Å². The molecule has 0 aliphatic carbocycles. The lowest BCUT2D eigenvalue weighted by Gasteiger charge is -2.08. The standard InChI is InChI=1S/C19H17N5/c1-13-10-17-18(23-13)21-12-22-19(17)24-16-4-2-14(3-5-16)11-15-6-8-20-9-7-15/h2-10,12H,11H2,1H3,(H2,21,22,23,24). The zero-order chi connectivity index (χ0) is 16.4. The molecule has 0 atom stereocenters. The fourth-order valence-electron chi connectivity index (χ4n) is 2.75. The summed E-state index contributed by atoms with van der Waals surface area (Å²) in [6.07, 6.45) is 6.12. The molecular formula is C19H17N5. The van der Waals surface area contributed by atoms with E-state index in [-0.39, 0.29) is 0 Å². The van der Waals surface area contributed by atoms with Gasteiger partial charge in [0.05, 0.1) is 5.39 Å². The third-order valence-corrected chi connectivity index (χ3v) is 3.93. The minimum atomic E-state index is 0.811. The number of anilines is 2. The molecule has 3 heterocycles. The number of H-pyrrole nitrogens is 1. The van der Waals surface area contributed by atoms with Crippen LogP contribution in [0.1, 0.15) is 16.8 Å². The van der Waals surface area contributed by atoms with Gasteiger partial charge < -0.3 is 10.3 Å². The van der Waals surface area contributed by atoms with Gasteiger partial charge in [0.1, 0.15) is 17.8 Å². The summed E-state index contributed by atoms with van der Waals surface area (Å²) in [6.45, 7) is 2.01. The Hall–Kier alpha value is -3.21. The van der Waals surface area contributed by atoms with Gasteiger partial charge in [-0.05, 0) is 54.8 Å². The van der Waals surface area contributed by atoms with Crippen LogP contribution in [-0.4, -0.2) is 19.9 Å². The summed E-state index contributed by atoms with van der Waals surface area (Å²) in [5, 5.41) is 4.37. The first-order valence-corrected chi connectivity index (χ1v) is 7.83. The topological polar surface area (TPSA) is 66.5 Å². The molecule has 118 valence electrons. The molecule has 5 nitrogen and oxygen atoms in total. The van der Waals surface area contributed by atoms with Crippen LogP contribution in [0, 0.1) is 6.92 Å². The summed E-state index contributed by atoms with van der Waals surface area (Å²) in [4.78, 5) is 15.9. The highest BCUT2D eigenvalue weighted by Crippen LogP contribution is 2.24. The molecule has 3 aromatic heterocycles. The fraction of sp³-hybridized carbons (Fsp3) is 0.105. The second kappa shape index (κ2) is 6.12. The van der Waals surface area contributed by atoms with Crippen LogP contribution < -0.4 is 5.32 Å². The molecule has 4 aromatic rings. The molecule has 0 saturated carbocycles. The largest absolute Gasteiger partial charge is 0.343 e. The Kier molecular flexibility index (Phi) is 3.67. The highest BCUT2D eigenvalue weighted by molar-refractivity contribution is 5.89. The van der Waals surface area contributed by atoms with Gasteiger partial charge in [-0.15, -0.1) is 0 Å². The van der Waals surface area contributed by atoms with Crippen molar-refractivity contribution in [3.63, 3.8) is 0 Å². The van der Waals surface area contributed by atoms with E-state index in [1.165, 1.54) is 11.1 Å². The molecule has 0 amide bonds. The molecule has 1 aromatic carbocycles. The Balaban J connectivity index is 1.54. The van der Waals surface area contributed by atoms with Crippen molar-refractivity contribution >= 4 is 22.5 Å². The van der Waals surface area contributed by atoms with Gasteiger partial charge in [-0.2, -0.15) is 0 Å². The van der Waals surface area contributed by atoms with E-state index < -0.39 is 0 Å². The first kappa shape index (κ1) is 14.4. The number of nitrogens with one attached hydrogen (secondary N) is 2. The van der Waals surface area contributed by atoms with Crippen LogP contribution in [-0.2, 0) is 6.42 Å². The smallest absolute Gasteiger partial charge is 0.143 e. The number of benzene rings is 1. The Morgan fingerprint density at radius 3 is 2.50 bits per heavy atom. The molecule has 0 fully saturated rings. The quantitative estimate of drug-likeness (QED) is 0.597. The van der Waals surface area contributed by atoms with E-state index in [1.807, 2.05) is 31.5 Å². The molecule has 0 aliphatic heterocycles. The Morgan fingerprint density at radius 2 is 1.71 bits per heavy atom. The number of nitrogens with zero attached hydrogens (tertiary/aromatic N) is 3. The number of hydrogen-bond acceptors (Lipinski definition) is 4. The number of fused-ring (bicyclic) bond motifs is 1. The Morgan fingerprint density at radius 1 is 0.958 bits per heavy atom. The van der Waals surface area contributed by atoms with Crippen LogP contribution in [0.4, 0.5) is 11.5 Å². The van der Waals surface area contributed by atoms with E-state index in [2.05, 4.69) is 55.6 Å². The SMILES string of the molecule is Cc1cc2c(Nc3ccc(Cc4ccncc4)cc3)ncnc2[nH]1. The van der Waals surface area contributed by atoms with Crippen molar-refractivity contribution < 1.29 is 0 Å². The number of aromatic amines is 1. The van der Waals surface area contributed by atoms with Crippen molar-refractivity contribution in [2.45, 2.75) is 13.3 Å². The van der Waals surface area contributed by atoms with E-state index >= 15 is 0 Å². The predicted octanol–water partition coefficient (Wildman–Crippen LogP) is 4.00. The summed E-state index contributed by atoms with van der Waals surface area (Å²) in [6, 6.07) is 14.5. The van der Waals surface area contributed by atoms with E-state index in [0.717, 1.165) is 34.7 Å². The summed E-state index contributed by atoms with van der Waals surface area (Å²) in [7, 11) is 0. The fourth-order valence-corrected chi connectivity index (χ4v) is 2.75. The van der Waals surface area contributed by atoms with Gasteiger partial charge in [0, 0.05) is 23.8 Å². The summed E-state index contributed by atoms with van der Waals surface area (Å²) < 4.78 is 0. The van der Waals surface area contributed by atoms with Crippen LogP contribution in [0.5, 0.6) is 0 Å². The zero-order valence-corrected chi connectivity index (χ0v) is 13.3. The van der Waals surface area contributed by atoms with Crippen molar-refractivity contribution in [1.82, 2.24) is 19.9 Å². The first-order valence-electron chi connectivity index (χ1n) is 7.83. The lowest BCUT2D eigenvalue weighted by atomic mass is 10.1. The third kappa shape index (κ3) is 2.96. The maximum Gasteiger partial charge on any atom is 0.143 e. The maximum atomic E-state index is 4.36. The van der Waals surface area contributed by atoms with Crippen LogP contribution in [0.3, 0.4) is 0 Å². The van der Waals surface area contributed by atoms with E-state index in [1.54, 1.807) is 6.33 Å². The third-order valence-electron chi connectivity index (χ3n) is 3.93. The number of aromatic nitrogens is 4. The van der Waals surface area contributed by atoms with Crippen LogP contribution in [0.15, 0.2) is 61.2 Å². The van der Waals surface area contributed by atoms with E-state index in [0.29, 0.717) is 0 Å². The molecular weight excluding hydrogens is 298 g/mol.